The van der Waals surface area contributed by atoms with Crippen molar-refractivity contribution in [3.05, 3.63) is 57.8 Å². The molecule has 3 N–H and O–H groups in total. The van der Waals surface area contributed by atoms with E-state index in [0.717, 1.165) is 11.1 Å². The van der Waals surface area contributed by atoms with Crippen LogP contribution in [-0.4, -0.2) is 28.9 Å². The summed E-state index contributed by atoms with van der Waals surface area (Å²) < 4.78 is 0. The number of thiophene rings is 1. The summed E-state index contributed by atoms with van der Waals surface area (Å²) in [4.78, 5) is 13.8. The lowest BCUT2D eigenvalue weighted by Gasteiger charge is -2.17. The van der Waals surface area contributed by atoms with Crippen LogP contribution in [0.3, 0.4) is 0 Å². The Labute approximate surface area is 127 Å². The number of likely N-dealkylation sites (N-methyl/N-ethyl adjacent to an activating group) is 1. The standard InChI is InChI=1S/C15H17N3O2S/c1-18(14(19)8-12-5-6-21-10-12)9-11-3-2-4-13(7-11)15(16)17-20/h2-7,10,20H,8-9H2,1H3,(H2,16,17). The number of amidine groups is 1. The van der Waals surface area contributed by atoms with E-state index in [2.05, 4.69) is 5.16 Å². The van der Waals surface area contributed by atoms with Crippen LogP contribution in [0.15, 0.2) is 46.2 Å². The molecular formula is C15H17N3O2S. The third kappa shape index (κ3) is 4.06. The number of benzene rings is 1. The van der Waals surface area contributed by atoms with Gasteiger partial charge in [0.2, 0.25) is 5.91 Å². The number of hydrogen-bond acceptors (Lipinski definition) is 4. The van der Waals surface area contributed by atoms with Gasteiger partial charge in [0, 0.05) is 19.2 Å². The molecule has 0 saturated heterocycles. The Morgan fingerprint density at radius 3 is 2.86 bits per heavy atom. The first-order valence-electron chi connectivity index (χ1n) is 6.42. The van der Waals surface area contributed by atoms with E-state index in [0.29, 0.717) is 18.5 Å². The van der Waals surface area contributed by atoms with E-state index in [1.54, 1.807) is 29.4 Å². The lowest BCUT2D eigenvalue weighted by Crippen LogP contribution is -2.27. The summed E-state index contributed by atoms with van der Waals surface area (Å²) in [6, 6.07) is 9.24. The van der Waals surface area contributed by atoms with E-state index in [4.69, 9.17) is 10.9 Å². The van der Waals surface area contributed by atoms with Crippen molar-refractivity contribution in [1.82, 2.24) is 4.90 Å². The molecule has 1 aromatic heterocycles. The van der Waals surface area contributed by atoms with Crippen LogP contribution in [0.4, 0.5) is 0 Å². The lowest BCUT2D eigenvalue weighted by atomic mass is 10.1. The number of nitrogens with two attached hydrogens (primary N) is 1. The normalized spacial score (nSPS) is 11.4. The van der Waals surface area contributed by atoms with Crippen molar-refractivity contribution in [2.75, 3.05) is 7.05 Å². The average molecular weight is 303 g/mol. The van der Waals surface area contributed by atoms with Crippen molar-refractivity contribution in [1.29, 1.82) is 0 Å². The van der Waals surface area contributed by atoms with E-state index < -0.39 is 0 Å². The van der Waals surface area contributed by atoms with Crippen LogP contribution >= 0.6 is 11.3 Å². The molecule has 5 nitrogen and oxygen atoms in total. The first-order chi connectivity index (χ1) is 10.1. The second kappa shape index (κ2) is 6.90. The topological polar surface area (TPSA) is 78.9 Å². The van der Waals surface area contributed by atoms with Gasteiger partial charge in [-0.25, -0.2) is 0 Å². The third-order valence-electron chi connectivity index (χ3n) is 3.11. The Morgan fingerprint density at radius 1 is 1.38 bits per heavy atom. The van der Waals surface area contributed by atoms with Crippen LogP contribution in [0, 0.1) is 0 Å². The van der Waals surface area contributed by atoms with Gasteiger partial charge in [-0.2, -0.15) is 11.3 Å². The first-order valence-corrected chi connectivity index (χ1v) is 7.36. The van der Waals surface area contributed by atoms with Crippen molar-refractivity contribution >= 4 is 23.1 Å². The van der Waals surface area contributed by atoms with Crippen LogP contribution in [0.2, 0.25) is 0 Å². The summed E-state index contributed by atoms with van der Waals surface area (Å²) in [6.07, 6.45) is 0.403. The highest BCUT2D eigenvalue weighted by atomic mass is 32.1. The molecule has 0 unspecified atom stereocenters. The highest BCUT2D eigenvalue weighted by Crippen LogP contribution is 2.11. The van der Waals surface area contributed by atoms with Crippen molar-refractivity contribution in [2.45, 2.75) is 13.0 Å². The second-order valence-electron chi connectivity index (χ2n) is 4.74. The maximum atomic E-state index is 12.1. The van der Waals surface area contributed by atoms with E-state index in [9.17, 15) is 4.79 Å². The molecule has 2 aromatic rings. The van der Waals surface area contributed by atoms with Gasteiger partial charge in [0.1, 0.15) is 0 Å². The summed E-state index contributed by atoms with van der Waals surface area (Å²) in [6.45, 7) is 0.482. The molecular weight excluding hydrogens is 286 g/mol. The zero-order chi connectivity index (χ0) is 15.2. The summed E-state index contributed by atoms with van der Waals surface area (Å²) in [5, 5.41) is 15.6. The number of nitrogens with zero attached hydrogens (tertiary/aromatic N) is 2. The Hall–Kier alpha value is -2.34. The largest absolute Gasteiger partial charge is 0.409 e. The summed E-state index contributed by atoms with van der Waals surface area (Å²) >= 11 is 1.58. The second-order valence-corrected chi connectivity index (χ2v) is 5.52. The van der Waals surface area contributed by atoms with Gasteiger partial charge in [0.05, 0.1) is 6.42 Å². The van der Waals surface area contributed by atoms with Crippen molar-refractivity contribution in [2.24, 2.45) is 10.9 Å². The molecule has 0 saturated carbocycles. The number of amides is 1. The van der Waals surface area contributed by atoms with Crippen molar-refractivity contribution < 1.29 is 10.0 Å². The van der Waals surface area contributed by atoms with Gasteiger partial charge in [0.25, 0.3) is 0 Å². The number of rotatable bonds is 5. The van der Waals surface area contributed by atoms with Crippen molar-refractivity contribution in [3.8, 4) is 0 Å². The fraction of sp³-hybridized carbons (Fsp3) is 0.200. The van der Waals surface area contributed by atoms with Gasteiger partial charge < -0.3 is 15.8 Å². The minimum Gasteiger partial charge on any atom is -0.409 e. The van der Waals surface area contributed by atoms with Gasteiger partial charge >= 0.3 is 0 Å². The number of hydrogen-bond donors (Lipinski definition) is 2. The van der Waals surface area contributed by atoms with Crippen LogP contribution < -0.4 is 5.73 Å². The molecule has 0 atom stereocenters. The molecule has 110 valence electrons. The molecule has 2 rings (SSSR count). The van der Waals surface area contributed by atoms with Gasteiger partial charge in [0.15, 0.2) is 5.84 Å². The van der Waals surface area contributed by atoms with Crippen LogP contribution in [0.25, 0.3) is 0 Å². The van der Waals surface area contributed by atoms with E-state index in [1.807, 2.05) is 35.0 Å². The molecule has 1 heterocycles. The molecule has 21 heavy (non-hydrogen) atoms. The van der Waals surface area contributed by atoms with Crippen LogP contribution in [0.5, 0.6) is 0 Å². The SMILES string of the molecule is CN(Cc1cccc(C(N)=NO)c1)C(=O)Cc1ccsc1. The quantitative estimate of drug-likeness (QED) is 0.384. The number of oxime groups is 1. The summed E-state index contributed by atoms with van der Waals surface area (Å²) in [7, 11) is 1.77. The molecule has 0 radical (unpaired) electrons. The highest BCUT2D eigenvalue weighted by molar-refractivity contribution is 7.07. The smallest absolute Gasteiger partial charge is 0.227 e. The minimum absolute atomic E-state index is 0.0580. The van der Waals surface area contributed by atoms with Gasteiger partial charge in [-0.05, 0) is 34.0 Å². The average Bonchev–Trinajstić information content (AvgIpc) is 2.99. The van der Waals surface area contributed by atoms with E-state index >= 15 is 0 Å². The Morgan fingerprint density at radius 2 is 2.19 bits per heavy atom. The fourth-order valence-electron chi connectivity index (χ4n) is 1.95. The molecule has 1 amide bonds. The number of carbonyl (C=O) groups excluding carboxylic acids is 1. The summed E-state index contributed by atoms with van der Waals surface area (Å²) in [5.41, 5.74) is 8.16. The lowest BCUT2D eigenvalue weighted by molar-refractivity contribution is -0.129. The monoisotopic (exact) mass is 303 g/mol. The predicted molar refractivity (Wildman–Crippen MR) is 83.4 cm³/mol. The molecule has 6 heteroatoms. The molecule has 0 aliphatic rings. The highest BCUT2D eigenvalue weighted by Gasteiger charge is 2.11. The minimum atomic E-state index is 0.0580. The van der Waals surface area contributed by atoms with Crippen LogP contribution in [0.1, 0.15) is 16.7 Å². The van der Waals surface area contributed by atoms with E-state index in [-0.39, 0.29) is 11.7 Å². The van der Waals surface area contributed by atoms with Crippen LogP contribution in [-0.2, 0) is 17.8 Å². The summed E-state index contributed by atoms with van der Waals surface area (Å²) in [5.74, 6) is 0.117. The predicted octanol–water partition coefficient (Wildman–Crippen LogP) is 2.04. The zero-order valence-electron chi connectivity index (χ0n) is 11.7. The molecule has 0 bridgehead atoms. The van der Waals surface area contributed by atoms with Crippen molar-refractivity contribution in [3.63, 3.8) is 0 Å². The molecule has 0 fully saturated rings. The molecule has 1 aromatic carbocycles. The maximum absolute atomic E-state index is 12.1. The Bertz CT molecular complexity index is 638. The van der Waals surface area contributed by atoms with E-state index in [1.165, 1.54) is 0 Å². The third-order valence-corrected chi connectivity index (χ3v) is 3.84. The molecule has 0 aliphatic heterocycles. The Balaban J connectivity index is 2.02. The fourth-order valence-corrected chi connectivity index (χ4v) is 2.62. The molecule has 0 spiro atoms. The van der Waals surface area contributed by atoms with Gasteiger partial charge in [-0.3, -0.25) is 4.79 Å². The molecule has 0 aliphatic carbocycles. The first kappa shape index (κ1) is 15.1. The Kier molecular flexibility index (Phi) is 4.94. The van der Waals surface area contributed by atoms with Gasteiger partial charge in [-0.1, -0.05) is 23.4 Å². The zero-order valence-corrected chi connectivity index (χ0v) is 12.5. The maximum Gasteiger partial charge on any atom is 0.227 e. The number of carbonyl (C=O) groups is 1. The van der Waals surface area contributed by atoms with Gasteiger partial charge in [-0.15, -0.1) is 0 Å².